The molecule has 3 aromatic rings. The Morgan fingerprint density at radius 2 is 1.66 bits per heavy atom. The van der Waals surface area contributed by atoms with E-state index in [1.165, 1.54) is 17.0 Å². The molecule has 3 rings (SSSR count). The van der Waals surface area contributed by atoms with E-state index in [0.717, 1.165) is 15.4 Å². The van der Waals surface area contributed by atoms with Crippen LogP contribution in [0.1, 0.15) is 38.3 Å². The van der Waals surface area contributed by atoms with Crippen molar-refractivity contribution in [2.24, 2.45) is 5.92 Å². The molecule has 1 N–H and O–H groups in total. The molecule has 8 nitrogen and oxygen atoms in total. The number of amides is 2. The van der Waals surface area contributed by atoms with E-state index in [4.69, 9.17) is 4.74 Å². The second-order valence-corrected chi connectivity index (χ2v) is 13.0. The van der Waals surface area contributed by atoms with Crippen LogP contribution in [0.25, 0.3) is 0 Å². The zero-order valence-electron chi connectivity index (χ0n) is 24.1. The summed E-state index contributed by atoms with van der Waals surface area (Å²) >= 11 is 3.42. The fourth-order valence-electron chi connectivity index (χ4n) is 4.27. The molecule has 0 aliphatic rings. The van der Waals surface area contributed by atoms with Gasteiger partial charge in [-0.15, -0.1) is 0 Å². The van der Waals surface area contributed by atoms with Gasteiger partial charge in [-0.25, -0.2) is 8.42 Å². The van der Waals surface area contributed by atoms with Crippen molar-refractivity contribution in [3.63, 3.8) is 0 Å². The van der Waals surface area contributed by atoms with Gasteiger partial charge in [0, 0.05) is 17.6 Å². The molecule has 3 aromatic carbocycles. The summed E-state index contributed by atoms with van der Waals surface area (Å²) in [6, 6.07) is 19.7. The van der Waals surface area contributed by atoms with Crippen molar-refractivity contribution < 1.29 is 22.7 Å². The molecule has 10 heteroatoms. The highest BCUT2D eigenvalue weighted by Crippen LogP contribution is 2.27. The largest absolute Gasteiger partial charge is 0.497 e. The molecule has 220 valence electrons. The number of hydrogen-bond acceptors (Lipinski definition) is 5. The molecule has 0 fully saturated rings. The minimum Gasteiger partial charge on any atom is -0.497 e. The van der Waals surface area contributed by atoms with E-state index >= 15 is 0 Å². The Morgan fingerprint density at radius 1 is 1.00 bits per heavy atom. The van der Waals surface area contributed by atoms with Gasteiger partial charge in [-0.05, 0) is 67.3 Å². The Balaban J connectivity index is 2.04. The standard InChI is InChI=1S/C31H38BrN3O5S/c1-6-29(31(37)33-19-22(2)3)34(20-24-12-14-27(40-5)15-13-24)30(36)21-35(26-9-7-8-25(32)18-26)41(38,39)28-16-10-23(4)11-17-28/h7-18,22,29H,6,19-21H2,1-5H3,(H,33,37). The van der Waals surface area contributed by atoms with Crippen LogP contribution in [0.3, 0.4) is 0 Å². The molecule has 0 radical (unpaired) electrons. The number of methoxy groups -OCH3 is 1. The Labute approximate surface area is 251 Å². The van der Waals surface area contributed by atoms with Gasteiger partial charge in [0.2, 0.25) is 11.8 Å². The number of carbonyl (C=O) groups is 2. The van der Waals surface area contributed by atoms with Gasteiger partial charge in [-0.1, -0.05) is 72.6 Å². The van der Waals surface area contributed by atoms with Crippen LogP contribution in [0, 0.1) is 12.8 Å². The maximum atomic E-state index is 14.1. The molecule has 0 aromatic heterocycles. The predicted molar refractivity (Wildman–Crippen MR) is 165 cm³/mol. The predicted octanol–water partition coefficient (Wildman–Crippen LogP) is 5.54. The van der Waals surface area contributed by atoms with E-state index < -0.39 is 28.5 Å². The number of rotatable bonds is 13. The normalized spacial score (nSPS) is 12.1. The number of halogens is 1. The van der Waals surface area contributed by atoms with Gasteiger partial charge < -0.3 is 15.0 Å². The SMILES string of the molecule is CCC(C(=O)NCC(C)C)N(Cc1ccc(OC)cc1)C(=O)CN(c1cccc(Br)c1)S(=O)(=O)c1ccc(C)cc1. The molecule has 0 heterocycles. The molecule has 0 aliphatic heterocycles. The second-order valence-electron chi connectivity index (χ2n) is 10.2. The van der Waals surface area contributed by atoms with Crippen LogP contribution in [-0.2, 0) is 26.2 Å². The Kier molecular flexibility index (Phi) is 11.4. The molecular formula is C31H38BrN3O5S. The molecule has 2 amide bonds. The summed E-state index contributed by atoms with van der Waals surface area (Å²) in [6.07, 6.45) is 0.355. The molecule has 1 unspecified atom stereocenters. The van der Waals surface area contributed by atoms with Crippen LogP contribution in [0.2, 0.25) is 0 Å². The van der Waals surface area contributed by atoms with Gasteiger partial charge in [0.05, 0.1) is 17.7 Å². The Hall–Kier alpha value is -3.37. The summed E-state index contributed by atoms with van der Waals surface area (Å²) < 4.78 is 34.9. The highest BCUT2D eigenvalue weighted by Gasteiger charge is 2.33. The summed E-state index contributed by atoms with van der Waals surface area (Å²) in [5, 5.41) is 2.94. The van der Waals surface area contributed by atoms with Crippen molar-refractivity contribution in [3.8, 4) is 5.75 Å². The van der Waals surface area contributed by atoms with E-state index in [2.05, 4.69) is 21.2 Å². The number of aryl methyl sites for hydroxylation is 1. The first-order valence-corrected chi connectivity index (χ1v) is 15.7. The zero-order chi connectivity index (χ0) is 30.2. The number of nitrogens with zero attached hydrogens (tertiary/aromatic N) is 2. The lowest BCUT2D eigenvalue weighted by Gasteiger charge is -2.33. The lowest BCUT2D eigenvalue weighted by Crippen LogP contribution is -2.52. The lowest BCUT2D eigenvalue weighted by molar-refractivity contribution is -0.140. The molecule has 0 saturated heterocycles. The van der Waals surface area contributed by atoms with Gasteiger partial charge in [-0.3, -0.25) is 13.9 Å². The minimum absolute atomic E-state index is 0.0688. The monoisotopic (exact) mass is 643 g/mol. The van der Waals surface area contributed by atoms with E-state index in [-0.39, 0.29) is 23.3 Å². The van der Waals surface area contributed by atoms with Gasteiger partial charge in [0.25, 0.3) is 10.0 Å². The smallest absolute Gasteiger partial charge is 0.264 e. The fourth-order valence-corrected chi connectivity index (χ4v) is 6.06. The highest BCUT2D eigenvalue weighted by molar-refractivity contribution is 9.10. The molecule has 41 heavy (non-hydrogen) atoms. The van der Waals surface area contributed by atoms with Crippen LogP contribution in [0.4, 0.5) is 5.69 Å². The Morgan fingerprint density at radius 3 is 2.22 bits per heavy atom. The molecule has 0 aliphatic carbocycles. The third-order valence-electron chi connectivity index (χ3n) is 6.57. The quantitative estimate of drug-likeness (QED) is 0.264. The van der Waals surface area contributed by atoms with Crippen LogP contribution in [0.15, 0.2) is 82.2 Å². The van der Waals surface area contributed by atoms with Gasteiger partial charge in [-0.2, -0.15) is 0 Å². The first kappa shape index (κ1) is 32.1. The molecule has 0 spiro atoms. The van der Waals surface area contributed by atoms with Crippen molar-refractivity contribution >= 4 is 43.5 Å². The number of anilines is 1. The first-order chi connectivity index (χ1) is 19.5. The van der Waals surface area contributed by atoms with Crippen LogP contribution >= 0.6 is 15.9 Å². The summed E-state index contributed by atoms with van der Waals surface area (Å²) in [5.41, 5.74) is 2.03. The van der Waals surface area contributed by atoms with E-state index in [1.54, 1.807) is 55.6 Å². The van der Waals surface area contributed by atoms with E-state index in [0.29, 0.717) is 28.9 Å². The van der Waals surface area contributed by atoms with Gasteiger partial charge >= 0.3 is 0 Å². The van der Waals surface area contributed by atoms with Crippen molar-refractivity contribution in [2.75, 3.05) is 24.5 Å². The average molecular weight is 645 g/mol. The number of carbonyl (C=O) groups excluding carboxylic acids is 2. The van der Waals surface area contributed by atoms with Crippen LogP contribution in [0.5, 0.6) is 5.75 Å². The maximum absolute atomic E-state index is 14.1. The van der Waals surface area contributed by atoms with Crippen molar-refractivity contribution in [1.29, 1.82) is 0 Å². The first-order valence-electron chi connectivity index (χ1n) is 13.5. The topological polar surface area (TPSA) is 96.0 Å². The molecule has 1 atom stereocenters. The maximum Gasteiger partial charge on any atom is 0.264 e. The van der Waals surface area contributed by atoms with Gasteiger partial charge in [0.1, 0.15) is 18.3 Å². The third kappa shape index (κ3) is 8.56. The fraction of sp³-hybridized carbons (Fsp3) is 0.355. The summed E-state index contributed by atoms with van der Waals surface area (Å²) in [5.74, 6) is 0.119. The van der Waals surface area contributed by atoms with Crippen LogP contribution in [-0.4, -0.2) is 51.4 Å². The minimum atomic E-state index is -4.12. The molecule has 0 bridgehead atoms. The second kappa shape index (κ2) is 14.5. The van der Waals surface area contributed by atoms with Crippen molar-refractivity contribution in [2.45, 2.75) is 51.6 Å². The van der Waals surface area contributed by atoms with Crippen LogP contribution < -0.4 is 14.4 Å². The number of hydrogen-bond donors (Lipinski definition) is 1. The molecule has 0 saturated carbocycles. The average Bonchev–Trinajstić information content (AvgIpc) is 2.95. The zero-order valence-corrected chi connectivity index (χ0v) is 26.5. The van der Waals surface area contributed by atoms with Crippen molar-refractivity contribution in [1.82, 2.24) is 10.2 Å². The van der Waals surface area contributed by atoms with E-state index in [1.807, 2.05) is 39.8 Å². The third-order valence-corrected chi connectivity index (χ3v) is 8.85. The number of nitrogens with one attached hydrogen (secondary N) is 1. The Bertz CT molecular complexity index is 1430. The summed E-state index contributed by atoms with van der Waals surface area (Å²) in [6.45, 7) is 7.79. The van der Waals surface area contributed by atoms with Crippen molar-refractivity contribution in [3.05, 3.63) is 88.4 Å². The lowest BCUT2D eigenvalue weighted by atomic mass is 10.1. The highest BCUT2D eigenvalue weighted by atomic mass is 79.9. The number of sulfonamides is 1. The van der Waals surface area contributed by atoms with Gasteiger partial charge in [0.15, 0.2) is 0 Å². The number of ether oxygens (including phenoxy) is 1. The van der Waals surface area contributed by atoms with E-state index in [9.17, 15) is 18.0 Å². The number of benzene rings is 3. The molecular weight excluding hydrogens is 606 g/mol. The summed E-state index contributed by atoms with van der Waals surface area (Å²) in [4.78, 5) is 29.0. The summed E-state index contributed by atoms with van der Waals surface area (Å²) in [7, 11) is -2.55.